The fourth-order valence-corrected chi connectivity index (χ4v) is 4.14. The SMILES string of the molecule is O=C1NC(=O)C2C(=O)NC(=O)C1C21CCc2ccccc21. The van der Waals surface area contributed by atoms with E-state index in [9.17, 15) is 19.2 Å². The first-order chi connectivity index (χ1) is 10.1. The van der Waals surface area contributed by atoms with E-state index in [1.807, 2.05) is 18.2 Å². The molecule has 1 spiro atoms. The summed E-state index contributed by atoms with van der Waals surface area (Å²) in [6, 6.07) is 7.42. The zero-order valence-electron chi connectivity index (χ0n) is 11.0. The standard InChI is InChI=1S/C15H12N2O4/c18-11-9-12(19)17-14(21)10(13(20)16-11)15(9)6-5-7-3-1-2-4-8(7)15/h1-4,9-10H,5-6H2,(H,16,18,20)(H,17,19,21). The zero-order valence-corrected chi connectivity index (χ0v) is 11.0. The van der Waals surface area contributed by atoms with Gasteiger partial charge in [-0.05, 0) is 24.0 Å². The van der Waals surface area contributed by atoms with Crippen LogP contribution in [0.1, 0.15) is 17.5 Å². The number of benzene rings is 1. The third-order valence-corrected chi connectivity index (χ3v) is 4.90. The summed E-state index contributed by atoms with van der Waals surface area (Å²) in [4.78, 5) is 48.8. The number of carbonyl (C=O) groups is 4. The highest BCUT2D eigenvalue weighted by Crippen LogP contribution is 2.53. The van der Waals surface area contributed by atoms with Crippen molar-refractivity contribution in [1.29, 1.82) is 0 Å². The molecule has 2 heterocycles. The molecule has 0 saturated carbocycles. The van der Waals surface area contributed by atoms with Crippen molar-refractivity contribution in [3.05, 3.63) is 35.4 Å². The number of nitrogens with one attached hydrogen (secondary N) is 2. The largest absolute Gasteiger partial charge is 0.295 e. The molecule has 2 aliphatic heterocycles. The molecule has 1 aromatic carbocycles. The molecular formula is C15H12N2O4. The second-order valence-corrected chi connectivity index (χ2v) is 5.77. The van der Waals surface area contributed by atoms with E-state index in [2.05, 4.69) is 10.6 Å². The molecule has 2 fully saturated rings. The summed E-state index contributed by atoms with van der Waals surface area (Å²) in [5.41, 5.74) is 0.763. The van der Waals surface area contributed by atoms with Crippen LogP contribution in [0.5, 0.6) is 0 Å². The smallest absolute Gasteiger partial charge is 0.240 e. The van der Waals surface area contributed by atoms with Gasteiger partial charge in [0.25, 0.3) is 0 Å². The molecule has 2 saturated heterocycles. The van der Waals surface area contributed by atoms with Crippen LogP contribution in [-0.4, -0.2) is 23.6 Å². The highest BCUT2D eigenvalue weighted by Gasteiger charge is 2.66. The molecule has 0 unspecified atom stereocenters. The van der Waals surface area contributed by atoms with Gasteiger partial charge in [-0.15, -0.1) is 0 Å². The lowest BCUT2D eigenvalue weighted by Crippen LogP contribution is -2.71. The molecule has 1 aliphatic carbocycles. The van der Waals surface area contributed by atoms with Crippen molar-refractivity contribution in [3.8, 4) is 0 Å². The van der Waals surface area contributed by atoms with Gasteiger partial charge in [0, 0.05) is 5.41 Å². The average molecular weight is 284 g/mol. The Kier molecular flexibility index (Phi) is 2.21. The molecule has 0 radical (unpaired) electrons. The first-order valence-corrected chi connectivity index (χ1v) is 6.83. The molecule has 106 valence electrons. The van der Waals surface area contributed by atoms with Crippen molar-refractivity contribution in [1.82, 2.24) is 10.6 Å². The number of piperidine rings is 2. The molecule has 6 nitrogen and oxygen atoms in total. The van der Waals surface area contributed by atoms with Crippen LogP contribution < -0.4 is 10.6 Å². The van der Waals surface area contributed by atoms with Gasteiger partial charge in [0.1, 0.15) is 11.8 Å². The fraction of sp³-hybridized carbons (Fsp3) is 0.333. The summed E-state index contributed by atoms with van der Waals surface area (Å²) >= 11 is 0. The predicted molar refractivity (Wildman–Crippen MR) is 69.7 cm³/mol. The second kappa shape index (κ2) is 3.78. The van der Waals surface area contributed by atoms with Crippen LogP contribution in [0, 0.1) is 11.8 Å². The van der Waals surface area contributed by atoms with E-state index >= 15 is 0 Å². The predicted octanol–water partition coefficient (Wildman–Crippen LogP) is -0.584. The van der Waals surface area contributed by atoms with Crippen LogP contribution in [0.3, 0.4) is 0 Å². The fourth-order valence-electron chi connectivity index (χ4n) is 4.14. The highest BCUT2D eigenvalue weighted by atomic mass is 16.2. The summed E-state index contributed by atoms with van der Waals surface area (Å²) in [7, 11) is 0. The van der Waals surface area contributed by atoms with Crippen LogP contribution in [0.25, 0.3) is 0 Å². The topological polar surface area (TPSA) is 92.3 Å². The Bertz CT molecular complexity index is 662. The molecule has 6 heteroatoms. The summed E-state index contributed by atoms with van der Waals surface area (Å²) in [6.07, 6.45) is 1.12. The van der Waals surface area contributed by atoms with Crippen molar-refractivity contribution in [2.24, 2.45) is 11.8 Å². The Hall–Kier alpha value is -2.50. The summed E-state index contributed by atoms with van der Waals surface area (Å²) in [6.45, 7) is 0. The van der Waals surface area contributed by atoms with E-state index in [1.165, 1.54) is 0 Å². The Labute approximate surface area is 119 Å². The molecule has 3 aliphatic rings. The Morgan fingerprint density at radius 1 is 0.857 bits per heavy atom. The van der Waals surface area contributed by atoms with Gasteiger partial charge in [-0.25, -0.2) is 0 Å². The molecule has 2 N–H and O–H groups in total. The van der Waals surface area contributed by atoms with E-state index in [1.54, 1.807) is 6.07 Å². The summed E-state index contributed by atoms with van der Waals surface area (Å²) < 4.78 is 0. The lowest BCUT2D eigenvalue weighted by molar-refractivity contribution is -0.160. The van der Waals surface area contributed by atoms with Gasteiger partial charge in [0.2, 0.25) is 23.6 Å². The number of imide groups is 2. The molecule has 1 aromatic rings. The first-order valence-electron chi connectivity index (χ1n) is 6.83. The van der Waals surface area contributed by atoms with Crippen molar-refractivity contribution in [2.75, 3.05) is 0 Å². The van der Waals surface area contributed by atoms with Crippen LogP contribution in [0.2, 0.25) is 0 Å². The van der Waals surface area contributed by atoms with E-state index in [-0.39, 0.29) is 0 Å². The van der Waals surface area contributed by atoms with Gasteiger partial charge in [-0.2, -0.15) is 0 Å². The molecule has 2 bridgehead atoms. The van der Waals surface area contributed by atoms with E-state index < -0.39 is 40.9 Å². The van der Waals surface area contributed by atoms with E-state index in [4.69, 9.17) is 0 Å². The van der Waals surface area contributed by atoms with Gasteiger partial charge < -0.3 is 0 Å². The van der Waals surface area contributed by atoms with Gasteiger partial charge in [0.05, 0.1) is 0 Å². The van der Waals surface area contributed by atoms with Crippen LogP contribution in [0.15, 0.2) is 24.3 Å². The Morgan fingerprint density at radius 2 is 1.38 bits per heavy atom. The van der Waals surface area contributed by atoms with Gasteiger partial charge in [0.15, 0.2) is 0 Å². The summed E-state index contributed by atoms with van der Waals surface area (Å²) in [5, 5.41) is 4.33. The number of hydrogen-bond acceptors (Lipinski definition) is 4. The lowest BCUT2D eigenvalue weighted by Gasteiger charge is -2.47. The van der Waals surface area contributed by atoms with E-state index in [0.29, 0.717) is 12.8 Å². The molecule has 21 heavy (non-hydrogen) atoms. The van der Waals surface area contributed by atoms with Crippen LogP contribution in [-0.2, 0) is 31.0 Å². The van der Waals surface area contributed by atoms with Crippen molar-refractivity contribution in [2.45, 2.75) is 18.3 Å². The van der Waals surface area contributed by atoms with Crippen LogP contribution >= 0.6 is 0 Å². The highest BCUT2D eigenvalue weighted by molar-refractivity contribution is 6.23. The normalized spacial score (nSPS) is 33.7. The minimum atomic E-state index is -1.03. The van der Waals surface area contributed by atoms with Crippen molar-refractivity contribution < 1.29 is 19.2 Å². The third kappa shape index (κ3) is 1.32. The lowest BCUT2D eigenvalue weighted by atomic mass is 9.58. The van der Waals surface area contributed by atoms with Crippen LogP contribution in [0.4, 0.5) is 0 Å². The second-order valence-electron chi connectivity index (χ2n) is 5.77. The van der Waals surface area contributed by atoms with E-state index in [0.717, 1.165) is 11.1 Å². The maximum Gasteiger partial charge on any atom is 0.240 e. The molecule has 4 amide bonds. The Morgan fingerprint density at radius 3 is 1.95 bits per heavy atom. The van der Waals surface area contributed by atoms with Gasteiger partial charge in [-0.3, -0.25) is 29.8 Å². The van der Waals surface area contributed by atoms with Gasteiger partial charge in [-0.1, -0.05) is 24.3 Å². The zero-order chi connectivity index (χ0) is 14.8. The molecular weight excluding hydrogens is 272 g/mol. The molecule has 0 atom stereocenters. The van der Waals surface area contributed by atoms with Crippen molar-refractivity contribution in [3.63, 3.8) is 0 Å². The quantitative estimate of drug-likeness (QED) is 0.492. The Balaban J connectivity index is 2.02. The number of amides is 4. The van der Waals surface area contributed by atoms with Crippen molar-refractivity contribution >= 4 is 23.6 Å². The number of rotatable bonds is 0. The number of carbonyl (C=O) groups excluding carboxylic acids is 4. The maximum atomic E-state index is 12.2. The monoisotopic (exact) mass is 284 g/mol. The molecule has 0 aromatic heterocycles. The molecule has 4 rings (SSSR count). The minimum absolute atomic E-state index is 0.458. The number of hydrogen-bond donors (Lipinski definition) is 2. The van der Waals surface area contributed by atoms with Gasteiger partial charge >= 0.3 is 0 Å². The minimum Gasteiger partial charge on any atom is -0.295 e. The maximum absolute atomic E-state index is 12.2. The summed E-state index contributed by atoms with van der Waals surface area (Å²) in [5.74, 6) is -4.50. The number of aryl methyl sites for hydroxylation is 1. The first kappa shape index (κ1) is 12.3. The average Bonchev–Trinajstić information content (AvgIpc) is 2.77. The third-order valence-electron chi connectivity index (χ3n) is 4.90. The number of fused-ring (bicyclic) bond motifs is 1.